The number of carbonyl (C=O) groups excluding carboxylic acids is 1. The number of aromatic nitrogens is 3. The first-order chi connectivity index (χ1) is 21.8. The summed E-state index contributed by atoms with van der Waals surface area (Å²) in [5, 5.41) is 14.9. The third-order valence-electron chi connectivity index (χ3n) is 12.2. The molecule has 0 aliphatic heterocycles. The Morgan fingerprint density at radius 3 is 2.60 bits per heavy atom. The highest BCUT2D eigenvalue weighted by atomic mass is 16.5. The van der Waals surface area contributed by atoms with Crippen molar-refractivity contribution in [2.24, 2.45) is 17.8 Å². The number of aliphatic hydroxyl groups excluding tert-OH is 1. The predicted molar refractivity (Wildman–Crippen MR) is 177 cm³/mol. The van der Waals surface area contributed by atoms with Crippen LogP contribution in [-0.4, -0.2) is 45.5 Å². The Balaban J connectivity index is 1.15. The molecule has 1 aromatic carbocycles. The zero-order valence-corrected chi connectivity index (χ0v) is 27.4. The number of pyridine rings is 1. The van der Waals surface area contributed by atoms with E-state index in [2.05, 4.69) is 53.9 Å². The van der Waals surface area contributed by atoms with E-state index in [0.29, 0.717) is 24.7 Å². The maximum Gasteiger partial charge on any atom is 0.230 e. The fourth-order valence-electron chi connectivity index (χ4n) is 9.10. The molecule has 2 bridgehead atoms. The fraction of sp³-hybridized carbons (Fsp3) is 0.605. The SMILES string of the molecule is COc1ccc(C23CCCC(C2)C(CN(C(=O)C2CCC(O)CC2)c2ccnc(-c4cnn(C5(C)CCC5)c4)c2)CC3)cc1C. The molecule has 3 aromatic rings. The number of amides is 1. The second kappa shape index (κ2) is 12.2. The lowest BCUT2D eigenvalue weighted by molar-refractivity contribution is -0.124. The number of aliphatic hydroxyl groups is 1. The minimum absolute atomic E-state index is 0.0392. The molecule has 0 radical (unpaired) electrons. The molecule has 3 atom stereocenters. The smallest absolute Gasteiger partial charge is 0.230 e. The number of benzene rings is 1. The number of carbonyl (C=O) groups is 1. The summed E-state index contributed by atoms with van der Waals surface area (Å²) in [6, 6.07) is 10.9. The van der Waals surface area contributed by atoms with Crippen molar-refractivity contribution in [2.45, 2.75) is 114 Å². The van der Waals surface area contributed by atoms with Crippen molar-refractivity contribution in [1.82, 2.24) is 14.8 Å². The van der Waals surface area contributed by atoms with Gasteiger partial charge in [-0.1, -0.05) is 25.0 Å². The molecular formula is C38H50N4O3. The third kappa shape index (κ3) is 5.82. The average Bonchev–Trinajstić information content (AvgIpc) is 3.55. The number of hydrogen-bond donors (Lipinski definition) is 1. The van der Waals surface area contributed by atoms with Gasteiger partial charge in [-0.3, -0.25) is 14.5 Å². The van der Waals surface area contributed by atoms with Crippen LogP contribution in [0.3, 0.4) is 0 Å². The fourth-order valence-corrected chi connectivity index (χ4v) is 9.10. The lowest BCUT2D eigenvalue weighted by Crippen LogP contribution is -2.47. The minimum atomic E-state index is -0.278. The summed E-state index contributed by atoms with van der Waals surface area (Å²) < 4.78 is 7.68. The quantitative estimate of drug-likeness (QED) is 0.284. The van der Waals surface area contributed by atoms with Gasteiger partial charge in [0.25, 0.3) is 0 Å². The number of ether oxygens (including phenoxy) is 1. The first-order valence-electron chi connectivity index (χ1n) is 17.4. The van der Waals surface area contributed by atoms with E-state index in [1.807, 2.05) is 18.5 Å². The molecule has 45 heavy (non-hydrogen) atoms. The van der Waals surface area contributed by atoms with Crippen molar-refractivity contribution in [3.05, 3.63) is 60.0 Å². The molecule has 2 heterocycles. The molecule has 4 fully saturated rings. The van der Waals surface area contributed by atoms with Crippen LogP contribution in [0.5, 0.6) is 5.75 Å². The number of rotatable bonds is 8. The van der Waals surface area contributed by atoms with Crippen LogP contribution in [0.25, 0.3) is 11.3 Å². The van der Waals surface area contributed by atoms with Crippen molar-refractivity contribution in [3.63, 3.8) is 0 Å². The molecule has 4 aliphatic rings. The number of nitrogens with zero attached hydrogens (tertiary/aromatic N) is 4. The molecule has 7 nitrogen and oxygen atoms in total. The topological polar surface area (TPSA) is 80.5 Å². The molecular weight excluding hydrogens is 560 g/mol. The summed E-state index contributed by atoms with van der Waals surface area (Å²) in [6.07, 6.45) is 19.3. The highest BCUT2D eigenvalue weighted by Gasteiger charge is 2.45. The van der Waals surface area contributed by atoms with Crippen LogP contribution >= 0.6 is 0 Å². The Labute approximate surface area is 268 Å². The predicted octanol–water partition coefficient (Wildman–Crippen LogP) is 7.58. The van der Waals surface area contributed by atoms with E-state index in [0.717, 1.165) is 67.8 Å². The molecule has 4 saturated carbocycles. The van der Waals surface area contributed by atoms with Crippen molar-refractivity contribution >= 4 is 11.6 Å². The van der Waals surface area contributed by atoms with Gasteiger partial charge in [0.2, 0.25) is 5.91 Å². The first kappa shape index (κ1) is 30.5. The molecule has 1 amide bonds. The van der Waals surface area contributed by atoms with Crippen molar-refractivity contribution in [1.29, 1.82) is 0 Å². The summed E-state index contributed by atoms with van der Waals surface area (Å²) in [6.45, 7) is 5.18. The summed E-state index contributed by atoms with van der Waals surface area (Å²) in [5.41, 5.74) is 5.82. The molecule has 7 rings (SSSR count). The molecule has 4 aliphatic carbocycles. The van der Waals surface area contributed by atoms with Crippen LogP contribution in [0, 0.1) is 24.7 Å². The second-order valence-electron chi connectivity index (χ2n) is 15.0. The van der Waals surface area contributed by atoms with E-state index >= 15 is 0 Å². The maximum absolute atomic E-state index is 14.4. The molecule has 0 saturated heterocycles. The third-order valence-corrected chi connectivity index (χ3v) is 12.2. The molecule has 2 aromatic heterocycles. The largest absolute Gasteiger partial charge is 0.496 e. The number of aryl methyl sites for hydroxylation is 1. The molecule has 3 unspecified atom stereocenters. The van der Waals surface area contributed by atoms with E-state index in [4.69, 9.17) is 14.8 Å². The van der Waals surface area contributed by atoms with Gasteiger partial charge < -0.3 is 14.7 Å². The Morgan fingerprint density at radius 1 is 1.04 bits per heavy atom. The van der Waals surface area contributed by atoms with Gasteiger partial charge in [-0.15, -0.1) is 0 Å². The van der Waals surface area contributed by atoms with E-state index in [1.165, 1.54) is 43.2 Å². The Kier molecular flexibility index (Phi) is 8.26. The van der Waals surface area contributed by atoms with Crippen molar-refractivity contribution < 1.29 is 14.6 Å². The number of anilines is 1. The highest BCUT2D eigenvalue weighted by molar-refractivity contribution is 5.95. The minimum Gasteiger partial charge on any atom is -0.496 e. The van der Waals surface area contributed by atoms with Gasteiger partial charge in [0.1, 0.15) is 5.75 Å². The maximum atomic E-state index is 14.4. The van der Waals surface area contributed by atoms with Gasteiger partial charge in [0.15, 0.2) is 0 Å². The van der Waals surface area contributed by atoms with Gasteiger partial charge in [0.05, 0.1) is 30.6 Å². The monoisotopic (exact) mass is 610 g/mol. The lowest BCUT2D eigenvalue weighted by Gasteiger charge is -2.50. The molecule has 240 valence electrons. The van der Waals surface area contributed by atoms with Gasteiger partial charge in [0, 0.05) is 36.1 Å². The van der Waals surface area contributed by atoms with Crippen molar-refractivity contribution in [2.75, 3.05) is 18.6 Å². The van der Waals surface area contributed by atoms with Crippen LogP contribution < -0.4 is 9.64 Å². The average molecular weight is 611 g/mol. The summed E-state index contributed by atoms with van der Waals surface area (Å²) in [4.78, 5) is 21.2. The Bertz CT molecular complexity index is 1520. The van der Waals surface area contributed by atoms with Crippen LogP contribution in [0.2, 0.25) is 0 Å². The Morgan fingerprint density at radius 2 is 1.87 bits per heavy atom. The summed E-state index contributed by atoms with van der Waals surface area (Å²) in [5.74, 6) is 2.20. The van der Waals surface area contributed by atoms with Crippen LogP contribution in [0.15, 0.2) is 48.9 Å². The normalized spacial score (nSPS) is 29.1. The zero-order chi connectivity index (χ0) is 31.2. The molecule has 1 N–H and O–H groups in total. The Hall–Kier alpha value is -3.19. The molecule has 7 heteroatoms. The van der Waals surface area contributed by atoms with Crippen molar-refractivity contribution in [3.8, 4) is 17.0 Å². The van der Waals surface area contributed by atoms with E-state index < -0.39 is 0 Å². The number of fused-ring (bicyclic) bond motifs is 2. The van der Waals surface area contributed by atoms with Crippen LogP contribution in [0.4, 0.5) is 5.69 Å². The van der Waals surface area contributed by atoms with E-state index in [9.17, 15) is 9.90 Å². The van der Waals surface area contributed by atoms with E-state index in [-0.39, 0.29) is 28.9 Å². The van der Waals surface area contributed by atoms with Crippen LogP contribution in [-0.2, 0) is 15.7 Å². The summed E-state index contributed by atoms with van der Waals surface area (Å²) >= 11 is 0. The second-order valence-corrected chi connectivity index (χ2v) is 15.0. The van der Waals surface area contributed by atoms with Gasteiger partial charge in [-0.25, -0.2) is 0 Å². The standard InChI is InChI=1S/C38H50N4O3/c1-26-20-31(9-12-35(26)45-3)38-17-4-6-28(22-38)29(13-18-38)24-41(36(44)27-7-10-33(43)11-8-27)32-14-19-39-34(21-32)30-23-40-42(25-30)37(2)15-5-16-37/h9,12,14,19-21,23,25,27-29,33,43H,4-8,10-11,13,15-18,22,24H2,1-3H3. The highest BCUT2D eigenvalue weighted by Crippen LogP contribution is 2.53. The summed E-state index contributed by atoms with van der Waals surface area (Å²) in [7, 11) is 1.75. The molecule has 0 spiro atoms. The number of methoxy groups -OCH3 is 1. The number of hydrogen-bond acceptors (Lipinski definition) is 5. The van der Waals surface area contributed by atoms with Gasteiger partial charge >= 0.3 is 0 Å². The zero-order valence-electron chi connectivity index (χ0n) is 27.4. The van der Waals surface area contributed by atoms with E-state index in [1.54, 1.807) is 7.11 Å². The van der Waals surface area contributed by atoms with Gasteiger partial charge in [-0.05, 0) is 131 Å². The van der Waals surface area contributed by atoms with Crippen LogP contribution in [0.1, 0.15) is 102 Å². The van der Waals surface area contributed by atoms with Gasteiger partial charge in [-0.2, -0.15) is 5.10 Å². The first-order valence-corrected chi connectivity index (χ1v) is 17.4. The lowest BCUT2D eigenvalue weighted by atomic mass is 9.56.